The number of carbonyl (C=O) groups is 4. The molecule has 2 aromatic rings. The van der Waals surface area contributed by atoms with Gasteiger partial charge in [0.05, 0.1) is 21.6 Å². The first kappa shape index (κ1) is 23.8. The molecule has 11 heteroatoms. The van der Waals surface area contributed by atoms with Gasteiger partial charge in [0, 0.05) is 26.3 Å². The average molecular weight is 471 g/mol. The smallest absolute Gasteiger partial charge is 0.338 e. The van der Waals surface area contributed by atoms with Gasteiger partial charge in [0.25, 0.3) is 17.7 Å². The molecule has 1 N–H and O–H groups in total. The van der Waals surface area contributed by atoms with Crippen molar-refractivity contribution in [1.82, 2.24) is 9.21 Å². The molecule has 0 saturated heterocycles. The lowest BCUT2D eigenvalue weighted by Gasteiger charge is -2.12. The summed E-state index contributed by atoms with van der Waals surface area (Å²) < 4.78 is 30.5. The lowest BCUT2D eigenvalue weighted by Crippen LogP contribution is -2.29. The van der Waals surface area contributed by atoms with E-state index < -0.39 is 40.3 Å². The topological polar surface area (TPSA) is 130 Å². The monoisotopic (exact) mass is 471 g/mol. The number of nitrogens with one attached hydrogen (secondary N) is 1. The minimum Gasteiger partial charge on any atom is -0.452 e. The maximum absolute atomic E-state index is 12.4. The Morgan fingerprint density at radius 1 is 1.09 bits per heavy atom. The Morgan fingerprint density at radius 2 is 1.79 bits per heavy atom. The van der Waals surface area contributed by atoms with E-state index in [0.29, 0.717) is 0 Å². The van der Waals surface area contributed by atoms with Crippen molar-refractivity contribution in [3.8, 4) is 0 Å². The van der Waals surface area contributed by atoms with Crippen molar-refractivity contribution in [3.05, 3.63) is 71.8 Å². The molecule has 3 amide bonds. The summed E-state index contributed by atoms with van der Waals surface area (Å²) in [4.78, 5) is 50.1. The van der Waals surface area contributed by atoms with Crippen LogP contribution in [0.25, 0.3) is 0 Å². The minimum atomic E-state index is -3.68. The van der Waals surface area contributed by atoms with Gasteiger partial charge in [-0.1, -0.05) is 12.1 Å². The first-order chi connectivity index (χ1) is 15.6. The number of benzene rings is 2. The molecule has 0 unspecified atom stereocenters. The van der Waals surface area contributed by atoms with Gasteiger partial charge < -0.3 is 10.1 Å². The van der Waals surface area contributed by atoms with E-state index in [1.807, 2.05) is 0 Å². The molecular weight excluding hydrogens is 450 g/mol. The molecule has 0 bridgehead atoms. The van der Waals surface area contributed by atoms with Gasteiger partial charge in [-0.15, -0.1) is 6.58 Å². The number of rotatable bonds is 8. The van der Waals surface area contributed by atoms with Gasteiger partial charge in [0.2, 0.25) is 10.0 Å². The van der Waals surface area contributed by atoms with Gasteiger partial charge in [0.15, 0.2) is 6.61 Å². The molecule has 10 nitrogen and oxygen atoms in total. The lowest BCUT2D eigenvalue weighted by molar-refractivity contribution is -0.119. The Kier molecular flexibility index (Phi) is 6.75. The fraction of sp³-hybridized carbons (Fsp3) is 0.182. The summed E-state index contributed by atoms with van der Waals surface area (Å²) in [5.74, 6) is -2.57. The number of imide groups is 1. The van der Waals surface area contributed by atoms with Crippen molar-refractivity contribution in [2.75, 3.05) is 32.6 Å². The van der Waals surface area contributed by atoms with E-state index in [1.165, 1.54) is 62.6 Å². The highest BCUT2D eigenvalue weighted by Crippen LogP contribution is 2.24. The number of nitrogens with zero attached hydrogens (tertiary/aromatic N) is 2. The molecule has 1 aliphatic heterocycles. The molecule has 3 rings (SSSR count). The largest absolute Gasteiger partial charge is 0.452 e. The van der Waals surface area contributed by atoms with E-state index >= 15 is 0 Å². The number of fused-ring (bicyclic) bond motifs is 1. The first-order valence-electron chi connectivity index (χ1n) is 9.67. The molecule has 0 radical (unpaired) electrons. The van der Waals surface area contributed by atoms with Crippen LogP contribution in [0.2, 0.25) is 0 Å². The van der Waals surface area contributed by atoms with Crippen molar-refractivity contribution in [3.63, 3.8) is 0 Å². The summed E-state index contributed by atoms with van der Waals surface area (Å²) in [6.45, 7) is 2.91. The Morgan fingerprint density at radius 3 is 2.45 bits per heavy atom. The van der Waals surface area contributed by atoms with Gasteiger partial charge in [-0.05, 0) is 36.4 Å². The van der Waals surface area contributed by atoms with E-state index in [2.05, 4.69) is 11.9 Å². The van der Waals surface area contributed by atoms with Gasteiger partial charge in [-0.3, -0.25) is 19.3 Å². The predicted octanol–water partition coefficient (Wildman–Crippen LogP) is 1.51. The van der Waals surface area contributed by atoms with Crippen LogP contribution in [0, 0.1) is 0 Å². The van der Waals surface area contributed by atoms with E-state index in [-0.39, 0.29) is 33.8 Å². The van der Waals surface area contributed by atoms with Gasteiger partial charge in [-0.2, -0.15) is 0 Å². The summed E-state index contributed by atoms with van der Waals surface area (Å²) >= 11 is 0. The number of sulfonamides is 1. The molecule has 0 fully saturated rings. The first-order valence-corrected chi connectivity index (χ1v) is 11.1. The van der Waals surface area contributed by atoms with Gasteiger partial charge >= 0.3 is 5.97 Å². The van der Waals surface area contributed by atoms with Crippen molar-refractivity contribution in [2.45, 2.75) is 4.90 Å². The third-order valence-electron chi connectivity index (χ3n) is 4.75. The molecule has 0 saturated carbocycles. The predicted molar refractivity (Wildman–Crippen MR) is 118 cm³/mol. The molecule has 0 aliphatic carbocycles. The summed E-state index contributed by atoms with van der Waals surface area (Å²) in [6, 6.07) is 9.56. The van der Waals surface area contributed by atoms with E-state index in [4.69, 9.17) is 4.74 Å². The number of carbonyl (C=O) groups excluding carboxylic acids is 4. The highest BCUT2D eigenvalue weighted by Gasteiger charge is 2.35. The molecule has 0 spiro atoms. The summed E-state index contributed by atoms with van der Waals surface area (Å²) in [7, 11) is -0.905. The standard InChI is InChI=1S/C22H21N3O7S/c1-4-10-25-20(27)17-9-8-14(11-18(17)21(25)28)22(29)32-13-19(26)23-15-6-5-7-16(12-15)33(30,31)24(2)3/h4-9,11-12H,1,10,13H2,2-3H3,(H,23,26). The highest BCUT2D eigenvalue weighted by molar-refractivity contribution is 7.89. The van der Waals surface area contributed by atoms with Crippen LogP contribution < -0.4 is 5.32 Å². The molecular formula is C22H21N3O7S. The maximum Gasteiger partial charge on any atom is 0.338 e. The lowest BCUT2D eigenvalue weighted by atomic mass is 10.1. The number of anilines is 1. The third-order valence-corrected chi connectivity index (χ3v) is 6.56. The fourth-order valence-corrected chi connectivity index (χ4v) is 4.02. The van der Waals surface area contributed by atoms with Crippen molar-refractivity contribution < 1.29 is 32.3 Å². The number of ether oxygens (including phenoxy) is 1. The SMILES string of the molecule is C=CCN1C(=O)c2ccc(C(=O)OCC(=O)Nc3cccc(S(=O)(=O)N(C)C)c3)cc2C1=O. The zero-order chi connectivity index (χ0) is 24.3. The Bertz CT molecular complexity index is 1270. The molecule has 33 heavy (non-hydrogen) atoms. The van der Waals surface area contributed by atoms with Crippen LogP contribution in [0.4, 0.5) is 5.69 Å². The molecule has 1 heterocycles. The van der Waals surface area contributed by atoms with E-state index in [1.54, 1.807) is 0 Å². The quantitative estimate of drug-likeness (QED) is 0.351. The number of hydrogen-bond acceptors (Lipinski definition) is 7. The van der Waals surface area contributed by atoms with Crippen LogP contribution in [-0.2, 0) is 19.6 Å². The second-order valence-corrected chi connectivity index (χ2v) is 9.36. The van der Waals surface area contributed by atoms with Crippen LogP contribution >= 0.6 is 0 Å². The average Bonchev–Trinajstić information content (AvgIpc) is 3.02. The molecule has 0 atom stereocenters. The Balaban J connectivity index is 1.65. The minimum absolute atomic E-state index is 0.00206. The normalized spacial score (nSPS) is 13.1. The molecule has 1 aliphatic rings. The van der Waals surface area contributed by atoms with E-state index in [0.717, 1.165) is 9.21 Å². The van der Waals surface area contributed by atoms with Gasteiger partial charge in [-0.25, -0.2) is 17.5 Å². The summed E-state index contributed by atoms with van der Waals surface area (Å²) in [6.07, 6.45) is 1.42. The van der Waals surface area contributed by atoms with Gasteiger partial charge in [0.1, 0.15) is 0 Å². The third kappa shape index (κ3) is 4.83. The van der Waals surface area contributed by atoms with Crippen molar-refractivity contribution in [2.24, 2.45) is 0 Å². The number of esters is 1. The second-order valence-electron chi connectivity index (χ2n) is 7.21. The van der Waals surface area contributed by atoms with E-state index in [9.17, 15) is 27.6 Å². The van der Waals surface area contributed by atoms with Crippen molar-refractivity contribution >= 4 is 39.4 Å². The number of amides is 3. The van der Waals surface area contributed by atoms with Crippen LogP contribution in [-0.4, -0.2) is 68.6 Å². The van der Waals surface area contributed by atoms with Crippen LogP contribution in [0.3, 0.4) is 0 Å². The Hall–Kier alpha value is -3.83. The maximum atomic E-state index is 12.4. The van der Waals surface area contributed by atoms with Crippen LogP contribution in [0.5, 0.6) is 0 Å². The zero-order valence-electron chi connectivity index (χ0n) is 17.9. The molecule has 172 valence electrons. The summed E-state index contributed by atoms with van der Waals surface area (Å²) in [5.41, 5.74) is 0.452. The highest BCUT2D eigenvalue weighted by atomic mass is 32.2. The second kappa shape index (κ2) is 9.35. The molecule has 2 aromatic carbocycles. The molecule has 0 aromatic heterocycles. The zero-order valence-corrected chi connectivity index (χ0v) is 18.7. The van der Waals surface area contributed by atoms with Crippen molar-refractivity contribution in [1.29, 1.82) is 0 Å². The fourth-order valence-electron chi connectivity index (χ4n) is 3.07. The number of hydrogen-bond donors (Lipinski definition) is 1. The Labute approximate surface area is 190 Å². The van der Waals surface area contributed by atoms with Crippen LogP contribution in [0.15, 0.2) is 60.0 Å². The van der Waals surface area contributed by atoms with Crippen LogP contribution in [0.1, 0.15) is 31.1 Å². The summed E-state index contributed by atoms with van der Waals surface area (Å²) in [5, 5.41) is 2.46.